The van der Waals surface area contributed by atoms with Crippen LogP contribution in [0.3, 0.4) is 0 Å². The number of ether oxygens (including phenoxy) is 2. The molecule has 0 spiro atoms. The number of nitrogens with zero attached hydrogens (tertiary/aromatic N) is 2. The van der Waals surface area contributed by atoms with E-state index in [4.69, 9.17) is 9.47 Å². The fourth-order valence-electron chi connectivity index (χ4n) is 2.37. The first-order chi connectivity index (χ1) is 12.0. The number of nitrogens with one attached hydrogen (secondary N) is 1. The molecule has 7 heteroatoms. The molecule has 1 atom stereocenters. The van der Waals surface area contributed by atoms with Crippen molar-refractivity contribution < 1.29 is 18.3 Å². The van der Waals surface area contributed by atoms with Gasteiger partial charge in [-0.15, -0.1) is 0 Å². The minimum atomic E-state index is -0.619. The molecule has 1 unspecified atom stereocenters. The second kappa shape index (κ2) is 7.06. The highest BCUT2D eigenvalue weighted by molar-refractivity contribution is 5.33. The summed E-state index contributed by atoms with van der Waals surface area (Å²) in [5.74, 6) is -0.827. The molecule has 2 heterocycles. The van der Waals surface area contributed by atoms with Crippen LogP contribution in [-0.2, 0) is 11.3 Å². The van der Waals surface area contributed by atoms with E-state index in [0.29, 0.717) is 12.2 Å². The van der Waals surface area contributed by atoms with E-state index in [2.05, 4.69) is 10.3 Å². The average Bonchev–Trinajstić information content (AvgIpc) is 2.91. The molecule has 0 radical (unpaired) electrons. The molecule has 0 saturated heterocycles. The van der Waals surface area contributed by atoms with E-state index in [1.54, 1.807) is 6.07 Å². The van der Waals surface area contributed by atoms with E-state index in [-0.39, 0.29) is 23.8 Å². The third-order valence-electron chi connectivity index (χ3n) is 4.05. The third kappa shape index (κ3) is 4.06. The monoisotopic (exact) mass is 347 g/mol. The lowest BCUT2D eigenvalue weighted by atomic mass is 10.2. The van der Waals surface area contributed by atoms with Crippen LogP contribution < -0.4 is 10.1 Å². The van der Waals surface area contributed by atoms with Crippen molar-refractivity contribution in [3.05, 3.63) is 66.3 Å². The Bertz CT molecular complexity index is 767. The van der Waals surface area contributed by atoms with Gasteiger partial charge in [0.25, 0.3) is 0 Å². The summed E-state index contributed by atoms with van der Waals surface area (Å²) in [7, 11) is 1.95. The molecule has 132 valence electrons. The molecule has 1 aromatic heterocycles. The summed E-state index contributed by atoms with van der Waals surface area (Å²) in [4.78, 5) is 5.48. The number of aromatic nitrogens is 1. The normalized spacial score (nSPS) is 19.1. The molecular weight excluding hydrogens is 328 g/mol. The number of hydrogen-bond acceptors (Lipinski definition) is 5. The Hall–Kier alpha value is -2.67. The van der Waals surface area contributed by atoms with E-state index in [1.165, 1.54) is 24.4 Å². The van der Waals surface area contributed by atoms with Crippen molar-refractivity contribution >= 4 is 0 Å². The number of halogens is 2. The lowest BCUT2D eigenvalue weighted by Crippen LogP contribution is -2.50. The fourth-order valence-corrected chi connectivity index (χ4v) is 2.37. The van der Waals surface area contributed by atoms with Crippen molar-refractivity contribution in [2.45, 2.75) is 19.2 Å². The van der Waals surface area contributed by atoms with Gasteiger partial charge in [0.1, 0.15) is 11.4 Å². The van der Waals surface area contributed by atoms with E-state index < -0.39 is 11.8 Å². The molecule has 5 nitrogen and oxygen atoms in total. The Morgan fingerprint density at radius 3 is 2.72 bits per heavy atom. The third-order valence-corrected chi connectivity index (χ3v) is 4.05. The summed E-state index contributed by atoms with van der Waals surface area (Å²) >= 11 is 0. The summed E-state index contributed by atoms with van der Waals surface area (Å²) in [6.07, 6.45) is 4.99. The van der Waals surface area contributed by atoms with Gasteiger partial charge in [-0.2, -0.15) is 4.39 Å². The van der Waals surface area contributed by atoms with Gasteiger partial charge in [0.15, 0.2) is 11.6 Å². The summed E-state index contributed by atoms with van der Waals surface area (Å²) in [5.41, 5.74) is 0.385. The Balaban J connectivity index is 1.57. The second-order valence-corrected chi connectivity index (χ2v) is 6.02. The maximum Gasteiger partial charge on any atom is 0.213 e. The zero-order chi connectivity index (χ0) is 17.9. The largest absolute Gasteiger partial charge is 0.453 e. The quantitative estimate of drug-likeness (QED) is 0.812. The number of rotatable bonds is 6. The molecule has 0 saturated carbocycles. The van der Waals surface area contributed by atoms with Crippen molar-refractivity contribution in [1.29, 1.82) is 0 Å². The maximum atomic E-state index is 14.2. The molecule has 0 amide bonds. The molecule has 0 fully saturated rings. The summed E-state index contributed by atoms with van der Waals surface area (Å²) in [6, 6.07) is 7.14. The van der Waals surface area contributed by atoms with Gasteiger partial charge in [0.05, 0.1) is 19.4 Å². The zero-order valence-electron chi connectivity index (χ0n) is 14.0. The van der Waals surface area contributed by atoms with Gasteiger partial charge < -0.3 is 19.7 Å². The van der Waals surface area contributed by atoms with E-state index in [0.717, 1.165) is 6.07 Å². The Labute approximate surface area is 144 Å². The van der Waals surface area contributed by atoms with Crippen LogP contribution in [0, 0.1) is 11.8 Å². The van der Waals surface area contributed by atoms with Crippen LogP contribution in [0.25, 0.3) is 0 Å². The van der Waals surface area contributed by atoms with Gasteiger partial charge in [-0.1, -0.05) is 6.07 Å². The van der Waals surface area contributed by atoms with Crippen molar-refractivity contribution in [3.8, 4) is 11.5 Å². The minimum absolute atomic E-state index is 0.0468. The van der Waals surface area contributed by atoms with E-state index >= 15 is 0 Å². The van der Waals surface area contributed by atoms with Crippen molar-refractivity contribution in [3.63, 3.8) is 0 Å². The number of pyridine rings is 1. The van der Waals surface area contributed by atoms with Crippen molar-refractivity contribution in [2.24, 2.45) is 0 Å². The van der Waals surface area contributed by atoms with Crippen LogP contribution >= 0.6 is 0 Å². The summed E-state index contributed by atoms with van der Waals surface area (Å²) in [6.45, 7) is 2.74. The predicted octanol–water partition coefficient (Wildman–Crippen LogP) is 3.39. The van der Waals surface area contributed by atoms with Crippen LogP contribution in [0.1, 0.15) is 12.5 Å². The maximum absolute atomic E-state index is 14.2. The Kier molecular flexibility index (Phi) is 4.85. The predicted molar refractivity (Wildman–Crippen MR) is 88.8 cm³/mol. The molecule has 25 heavy (non-hydrogen) atoms. The van der Waals surface area contributed by atoms with E-state index in [9.17, 15) is 8.78 Å². The van der Waals surface area contributed by atoms with Crippen LogP contribution in [-0.4, -0.2) is 29.2 Å². The first-order valence-corrected chi connectivity index (χ1v) is 7.79. The van der Waals surface area contributed by atoms with Crippen molar-refractivity contribution in [1.82, 2.24) is 15.2 Å². The second-order valence-electron chi connectivity index (χ2n) is 6.02. The lowest BCUT2D eigenvalue weighted by molar-refractivity contribution is 0.0231. The molecule has 1 aliphatic rings. The SMILES string of the molecule is CN1C=CNC1(C)COCc1ccc(Oc2ccc(F)nc2)c(F)c1. The molecule has 3 rings (SSSR count). The van der Waals surface area contributed by atoms with Gasteiger partial charge >= 0.3 is 0 Å². The lowest BCUT2D eigenvalue weighted by Gasteiger charge is -2.33. The van der Waals surface area contributed by atoms with Crippen molar-refractivity contribution in [2.75, 3.05) is 13.7 Å². The average molecular weight is 347 g/mol. The fraction of sp³-hybridized carbons (Fsp3) is 0.278. The standard InChI is InChI=1S/C18H19F2N3O2/c1-18(22-7-8-23(18)2)12-24-11-13-3-5-16(15(19)9-13)25-14-4-6-17(20)21-10-14/h3-10,22H,11-12H2,1-2H3. The summed E-state index contributed by atoms with van der Waals surface area (Å²) in [5, 5.41) is 3.21. The van der Waals surface area contributed by atoms with Crippen LogP contribution in [0.2, 0.25) is 0 Å². The zero-order valence-corrected chi connectivity index (χ0v) is 14.0. The number of likely N-dealkylation sites (N-methyl/N-ethyl adjacent to an activating group) is 1. The van der Waals surface area contributed by atoms with Gasteiger partial charge in [-0.3, -0.25) is 0 Å². The number of benzene rings is 1. The van der Waals surface area contributed by atoms with Gasteiger partial charge in [-0.25, -0.2) is 9.37 Å². The first kappa shape index (κ1) is 17.2. The minimum Gasteiger partial charge on any atom is -0.453 e. The molecule has 1 N–H and O–H groups in total. The van der Waals surface area contributed by atoms with Crippen LogP contribution in [0.15, 0.2) is 48.9 Å². The number of hydrogen-bond donors (Lipinski definition) is 1. The van der Waals surface area contributed by atoms with Gasteiger partial charge in [0, 0.05) is 19.4 Å². The summed E-state index contributed by atoms with van der Waals surface area (Å²) < 4.78 is 38.0. The highest BCUT2D eigenvalue weighted by Gasteiger charge is 2.29. The smallest absolute Gasteiger partial charge is 0.213 e. The van der Waals surface area contributed by atoms with Crippen LogP contribution in [0.5, 0.6) is 11.5 Å². The molecule has 0 aliphatic carbocycles. The highest BCUT2D eigenvalue weighted by atomic mass is 19.1. The molecule has 1 aliphatic heterocycles. The Morgan fingerprint density at radius 2 is 2.08 bits per heavy atom. The molecular formula is C18H19F2N3O2. The molecule has 2 aromatic rings. The molecule has 1 aromatic carbocycles. The highest BCUT2D eigenvalue weighted by Crippen LogP contribution is 2.25. The Morgan fingerprint density at radius 1 is 1.24 bits per heavy atom. The first-order valence-electron chi connectivity index (χ1n) is 7.79. The van der Waals surface area contributed by atoms with Gasteiger partial charge in [-0.05, 0) is 36.8 Å². The topological polar surface area (TPSA) is 46.6 Å². The van der Waals surface area contributed by atoms with Gasteiger partial charge in [0.2, 0.25) is 5.95 Å². The van der Waals surface area contributed by atoms with E-state index in [1.807, 2.05) is 31.3 Å². The van der Waals surface area contributed by atoms with Crippen LogP contribution in [0.4, 0.5) is 8.78 Å². The molecule has 0 bridgehead atoms.